The molecule has 0 amide bonds. The van der Waals surface area contributed by atoms with Gasteiger partial charge in [0, 0.05) is 48.0 Å². The van der Waals surface area contributed by atoms with E-state index in [0.717, 1.165) is 16.8 Å². The van der Waals surface area contributed by atoms with Crippen LogP contribution in [0.5, 0.6) is 5.75 Å². The third kappa shape index (κ3) is 8.65. The van der Waals surface area contributed by atoms with E-state index in [1.54, 1.807) is 18.3 Å². The summed E-state index contributed by atoms with van der Waals surface area (Å²) in [5.74, 6) is -0.724. The summed E-state index contributed by atoms with van der Waals surface area (Å²) < 4.78 is 34.8. The number of terminal acetylenes is 1. The SMILES string of the molecule is C#CCOc1ccc(C2=CNc3c(ccccc3=Nc3ccc(C(=O)CC(=N)[C@@H](C)CC(=N)CCC(=O)C=C)c(CC)c3)C2)c(F)c1F. The number of nitrogens with one attached hydrogen (secondary N) is 3. The van der Waals surface area contributed by atoms with Crippen LogP contribution in [0.15, 0.2) is 78.4 Å². The Morgan fingerprint density at radius 3 is 2.62 bits per heavy atom. The second kappa shape index (κ2) is 16.4. The summed E-state index contributed by atoms with van der Waals surface area (Å²) in [6, 6.07) is 15.6. The van der Waals surface area contributed by atoms with Crippen LogP contribution >= 0.6 is 0 Å². The molecule has 1 aliphatic heterocycles. The molecule has 1 heterocycles. The summed E-state index contributed by atoms with van der Waals surface area (Å²) in [6.45, 7) is 7.04. The van der Waals surface area contributed by atoms with Crippen LogP contribution in [-0.2, 0) is 17.6 Å². The third-order valence-electron chi connectivity index (χ3n) is 8.13. The predicted molar refractivity (Wildman–Crippen MR) is 186 cm³/mol. The number of ketones is 2. The summed E-state index contributed by atoms with van der Waals surface area (Å²) in [5, 5.41) is 20.5. The molecule has 0 radical (unpaired) electrons. The van der Waals surface area contributed by atoms with Gasteiger partial charge >= 0.3 is 0 Å². The molecular weight excluding hydrogens is 610 g/mol. The van der Waals surface area contributed by atoms with Crippen molar-refractivity contribution in [3.8, 4) is 18.1 Å². The molecular formula is C39H38F2N4O3. The Labute approximate surface area is 279 Å². The fourth-order valence-corrected chi connectivity index (χ4v) is 5.42. The topological polar surface area (TPSA) is 115 Å². The minimum absolute atomic E-state index is 0.0602. The minimum atomic E-state index is -1.10. The molecule has 246 valence electrons. The van der Waals surface area contributed by atoms with E-state index in [0.29, 0.717) is 53.6 Å². The third-order valence-corrected chi connectivity index (χ3v) is 8.13. The summed E-state index contributed by atoms with van der Waals surface area (Å²) in [5.41, 5.74) is 4.79. The van der Waals surface area contributed by atoms with Crippen LogP contribution < -0.4 is 15.4 Å². The summed E-state index contributed by atoms with van der Waals surface area (Å²) in [7, 11) is 0. The van der Waals surface area contributed by atoms with Crippen molar-refractivity contribution in [3.63, 3.8) is 0 Å². The van der Waals surface area contributed by atoms with E-state index in [1.807, 2.05) is 44.2 Å². The molecule has 0 fully saturated rings. The number of hydrogen-bond acceptors (Lipinski definition) is 7. The molecule has 0 aromatic heterocycles. The number of carbonyl (C=O) groups is 2. The summed E-state index contributed by atoms with van der Waals surface area (Å²) in [6.07, 6.45) is 9.74. The zero-order valence-corrected chi connectivity index (χ0v) is 27.1. The number of allylic oxidation sites excluding steroid dienone is 2. The lowest BCUT2D eigenvalue weighted by molar-refractivity contribution is -0.114. The maximum atomic E-state index is 15.0. The Morgan fingerprint density at radius 2 is 1.90 bits per heavy atom. The molecule has 0 aliphatic carbocycles. The zero-order chi connectivity index (χ0) is 34.8. The second-order valence-corrected chi connectivity index (χ2v) is 11.5. The van der Waals surface area contributed by atoms with Crippen molar-refractivity contribution < 1.29 is 23.1 Å². The molecule has 48 heavy (non-hydrogen) atoms. The van der Waals surface area contributed by atoms with Crippen molar-refractivity contribution in [2.75, 3.05) is 11.9 Å². The summed E-state index contributed by atoms with van der Waals surface area (Å²) >= 11 is 0. The van der Waals surface area contributed by atoms with Crippen LogP contribution in [-0.4, -0.2) is 29.6 Å². The van der Waals surface area contributed by atoms with E-state index in [4.69, 9.17) is 27.0 Å². The van der Waals surface area contributed by atoms with E-state index in [2.05, 4.69) is 17.8 Å². The largest absolute Gasteiger partial charge is 0.478 e. The smallest absolute Gasteiger partial charge is 0.201 e. The molecule has 9 heteroatoms. The van der Waals surface area contributed by atoms with Gasteiger partial charge in [0.1, 0.15) is 6.61 Å². The number of benzene rings is 2. The van der Waals surface area contributed by atoms with Gasteiger partial charge in [0.2, 0.25) is 5.82 Å². The Bertz CT molecular complexity index is 1920. The van der Waals surface area contributed by atoms with Crippen LogP contribution in [0.25, 0.3) is 5.57 Å². The number of Topliss-reactive ketones (excluding diaryl/α,β-unsaturated/α-hetero) is 1. The highest BCUT2D eigenvalue weighted by Crippen LogP contribution is 2.32. The lowest BCUT2D eigenvalue weighted by atomic mass is 9.90. The van der Waals surface area contributed by atoms with Gasteiger partial charge in [-0.05, 0) is 84.4 Å². The Hall–Kier alpha value is -5.49. The predicted octanol–water partition coefficient (Wildman–Crippen LogP) is 7.95. The van der Waals surface area contributed by atoms with E-state index < -0.39 is 11.6 Å². The monoisotopic (exact) mass is 648 g/mol. The molecule has 0 spiro atoms. The highest BCUT2D eigenvalue weighted by Gasteiger charge is 2.21. The fraction of sp³-hybridized carbons (Fsp3) is 0.256. The molecule has 3 aromatic carbocycles. The molecule has 4 rings (SSSR count). The number of anilines is 1. The van der Waals surface area contributed by atoms with E-state index in [1.165, 1.54) is 18.2 Å². The standard InChI is InChI=1S/C39H38F2N4O3/c1-5-18-48-36-17-16-32(37(40)38(36)41)27-20-26-10-8-9-11-34(39(26)44-23-27)45-29-13-15-31(25(6-2)21-29)35(47)22-33(43)24(4)19-28(42)12-14-30(46)7-3/h1,7-11,13,15-17,21,23-24,42-44H,3,6,12,14,18-20,22H2,2,4H3/t24-/m0/s1. The number of hydrogen-bond donors (Lipinski definition) is 3. The van der Waals surface area contributed by atoms with E-state index in [-0.39, 0.29) is 54.0 Å². The number of carbonyl (C=O) groups excluding carboxylic acids is 2. The second-order valence-electron chi connectivity index (χ2n) is 11.5. The number of nitrogens with zero attached hydrogens (tertiary/aromatic N) is 1. The van der Waals surface area contributed by atoms with Crippen molar-refractivity contribution in [2.45, 2.75) is 52.4 Å². The van der Waals surface area contributed by atoms with Gasteiger partial charge in [0.05, 0.1) is 16.7 Å². The number of rotatable bonds is 15. The average Bonchev–Trinajstić information content (AvgIpc) is 3.28. The molecule has 0 saturated carbocycles. The maximum absolute atomic E-state index is 15.0. The van der Waals surface area contributed by atoms with Crippen molar-refractivity contribution in [2.24, 2.45) is 10.9 Å². The molecule has 1 atom stereocenters. The van der Waals surface area contributed by atoms with Gasteiger partial charge in [0.15, 0.2) is 23.1 Å². The fourth-order valence-electron chi connectivity index (χ4n) is 5.42. The van der Waals surface area contributed by atoms with E-state index >= 15 is 4.39 Å². The summed E-state index contributed by atoms with van der Waals surface area (Å²) in [4.78, 5) is 29.6. The molecule has 3 aromatic rings. The van der Waals surface area contributed by atoms with Crippen LogP contribution in [0.4, 0.5) is 20.2 Å². The first-order valence-electron chi connectivity index (χ1n) is 15.7. The van der Waals surface area contributed by atoms with Crippen LogP contribution in [0.2, 0.25) is 0 Å². The highest BCUT2D eigenvalue weighted by atomic mass is 19.2. The first kappa shape index (κ1) is 35.4. The van der Waals surface area contributed by atoms with Gasteiger partial charge < -0.3 is 20.9 Å². The zero-order valence-electron chi connectivity index (χ0n) is 27.1. The van der Waals surface area contributed by atoms with Gasteiger partial charge in [-0.25, -0.2) is 9.38 Å². The molecule has 1 aliphatic rings. The first-order chi connectivity index (χ1) is 23.1. The van der Waals surface area contributed by atoms with Crippen LogP contribution in [0.1, 0.15) is 66.6 Å². The van der Waals surface area contributed by atoms with Gasteiger partial charge in [-0.3, -0.25) is 9.59 Å². The van der Waals surface area contributed by atoms with Crippen LogP contribution in [0, 0.1) is 40.7 Å². The number of halogens is 2. The van der Waals surface area contributed by atoms with Crippen LogP contribution in [0.3, 0.4) is 0 Å². The van der Waals surface area contributed by atoms with Crippen molar-refractivity contribution in [1.29, 1.82) is 10.8 Å². The molecule has 0 saturated heterocycles. The van der Waals surface area contributed by atoms with Gasteiger partial charge in [-0.2, -0.15) is 4.39 Å². The number of ether oxygens (including phenoxy) is 1. The number of aryl methyl sites for hydroxylation is 1. The normalized spacial score (nSPS) is 12.9. The Morgan fingerprint density at radius 1 is 1.12 bits per heavy atom. The number of fused-ring (bicyclic) bond motifs is 1. The van der Waals surface area contributed by atoms with Gasteiger partial charge in [-0.15, -0.1) is 6.42 Å². The van der Waals surface area contributed by atoms with Crippen molar-refractivity contribution in [3.05, 3.63) is 113 Å². The van der Waals surface area contributed by atoms with Crippen molar-refractivity contribution >= 4 is 39.9 Å². The highest BCUT2D eigenvalue weighted by molar-refractivity contribution is 6.10. The lowest BCUT2D eigenvalue weighted by Gasteiger charge is -2.18. The van der Waals surface area contributed by atoms with Crippen molar-refractivity contribution in [1.82, 2.24) is 0 Å². The maximum Gasteiger partial charge on any atom is 0.201 e. The van der Waals surface area contributed by atoms with Gasteiger partial charge in [-0.1, -0.05) is 44.5 Å². The Kier molecular flexibility index (Phi) is 12.1. The molecule has 0 unspecified atom stereocenters. The van der Waals surface area contributed by atoms with E-state index in [9.17, 15) is 14.0 Å². The molecule has 7 nitrogen and oxygen atoms in total. The molecule has 0 bridgehead atoms. The van der Waals surface area contributed by atoms with Gasteiger partial charge in [0.25, 0.3) is 0 Å². The Balaban J connectivity index is 1.52. The lowest BCUT2D eigenvalue weighted by Crippen LogP contribution is -2.19. The quantitative estimate of drug-likeness (QED) is 0.0671. The first-order valence-corrected chi connectivity index (χ1v) is 15.7. The minimum Gasteiger partial charge on any atom is -0.478 e. The molecule has 3 N–H and O–H groups in total. The average molecular weight is 649 g/mol.